The first kappa shape index (κ1) is 9.53. The highest BCUT2D eigenvalue weighted by atomic mass is 32.2. The highest BCUT2D eigenvalue weighted by Gasteiger charge is 2.42. The van der Waals surface area contributed by atoms with Crippen LogP contribution in [0.15, 0.2) is 0 Å². The van der Waals surface area contributed by atoms with Crippen LogP contribution in [0.25, 0.3) is 0 Å². The van der Waals surface area contributed by atoms with Gasteiger partial charge in [0.25, 0.3) is 0 Å². The molecule has 0 radical (unpaired) electrons. The van der Waals surface area contributed by atoms with Crippen LogP contribution >= 0.6 is 11.8 Å². The fourth-order valence-corrected chi connectivity index (χ4v) is 4.11. The summed E-state index contributed by atoms with van der Waals surface area (Å²) in [6, 6.07) is 0. The van der Waals surface area contributed by atoms with E-state index in [1.165, 1.54) is 25.7 Å². The molecular formula is C10H17NOS. The molecule has 0 amide bonds. The summed E-state index contributed by atoms with van der Waals surface area (Å²) in [5.41, 5.74) is 5.69. The van der Waals surface area contributed by atoms with Crippen LogP contribution in [0.3, 0.4) is 0 Å². The number of nitrogens with two attached hydrogens (primary N) is 1. The minimum atomic E-state index is 0.305. The molecule has 0 aromatic heterocycles. The van der Waals surface area contributed by atoms with E-state index >= 15 is 0 Å². The van der Waals surface area contributed by atoms with Gasteiger partial charge in [0, 0.05) is 11.2 Å². The molecule has 2 rings (SSSR count). The number of thioether (sulfide) groups is 1. The maximum Gasteiger partial charge on any atom is 0.144 e. The Kier molecular flexibility index (Phi) is 2.65. The van der Waals surface area contributed by atoms with Crippen molar-refractivity contribution in [3.05, 3.63) is 0 Å². The minimum Gasteiger partial charge on any atom is -0.330 e. The van der Waals surface area contributed by atoms with Gasteiger partial charge in [-0.2, -0.15) is 0 Å². The Hall–Kier alpha value is -0.0200. The van der Waals surface area contributed by atoms with Gasteiger partial charge in [-0.1, -0.05) is 6.42 Å². The largest absolute Gasteiger partial charge is 0.330 e. The molecule has 1 saturated heterocycles. The first-order valence-electron chi connectivity index (χ1n) is 5.10. The zero-order valence-electron chi connectivity index (χ0n) is 7.92. The van der Waals surface area contributed by atoms with Gasteiger partial charge in [0.1, 0.15) is 5.78 Å². The van der Waals surface area contributed by atoms with E-state index in [1.807, 2.05) is 11.8 Å². The first-order chi connectivity index (χ1) is 6.24. The van der Waals surface area contributed by atoms with E-state index in [0.717, 1.165) is 18.7 Å². The van der Waals surface area contributed by atoms with Crippen LogP contribution in [-0.4, -0.2) is 22.8 Å². The Labute approximate surface area is 83.6 Å². The van der Waals surface area contributed by atoms with E-state index < -0.39 is 0 Å². The molecule has 2 unspecified atom stereocenters. The van der Waals surface area contributed by atoms with E-state index in [1.54, 1.807) is 0 Å². The summed E-state index contributed by atoms with van der Waals surface area (Å²) in [6.45, 7) is 0.802. The van der Waals surface area contributed by atoms with E-state index in [4.69, 9.17) is 5.73 Å². The third-order valence-corrected chi connectivity index (χ3v) is 4.89. The highest BCUT2D eigenvalue weighted by molar-refractivity contribution is 8.01. The van der Waals surface area contributed by atoms with E-state index in [-0.39, 0.29) is 0 Å². The second-order valence-electron chi connectivity index (χ2n) is 4.39. The van der Waals surface area contributed by atoms with Crippen molar-refractivity contribution in [1.29, 1.82) is 0 Å². The second kappa shape index (κ2) is 3.62. The van der Waals surface area contributed by atoms with Gasteiger partial charge >= 0.3 is 0 Å². The van der Waals surface area contributed by atoms with Gasteiger partial charge in [-0.3, -0.25) is 4.79 Å². The second-order valence-corrected chi connectivity index (χ2v) is 5.83. The molecule has 2 nitrogen and oxygen atoms in total. The number of rotatable bonds is 1. The average molecular weight is 199 g/mol. The zero-order valence-corrected chi connectivity index (χ0v) is 8.74. The summed E-state index contributed by atoms with van der Waals surface area (Å²) in [4.78, 5) is 11.3. The first-order valence-corrected chi connectivity index (χ1v) is 6.08. The van der Waals surface area contributed by atoms with Gasteiger partial charge < -0.3 is 5.73 Å². The number of hydrogen-bond donors (Lipinski definition) is 1. The van der Waals surface area contributed by atoms with Crippen LogP contribution in [0, 0.1) is 5.92 Å². The molecule has 2 N–H and O–H groups in total. The normalized spacial score (nSPS) is 40.1. The SMILES string of the molecule is NCC1CCCC2(CC(=O)CS2)C1. The van der Waals surface area contributed by atoms with Crippen LogP contribution in [-0.2, 0) is 4.79 Å². The topological polar surface area (TPSA) is 43.1 Å². The highest BCUT2D eigenvalue weighted by Crippen LogP contribution is 2.48. The summed E-state index contributed by atoms with van der Waals surface area (Å²) in [5, 5.41) is 0. The minimum absolute atomic E-state index is 0.305. The molecule has 74 valence electrons. The molecule has 1 spiro atoms. The van der Waals surface area contributed by atoms with Gasteiger partial charge in [-0.25, -0.2) is 0 Å². The maximum atomic E-state index is 11.3. The van der Waals surface area contributed by atoms with Crippen LogP contribution in [0.1, 0.15) is 32.1 Å². The van der Waals surface area contributed by atoms with Gasteiger partial charge in [0.2, 0.25) is 0 Å². The maximum absolute atomic E-state index is 11.3. The summed E-state index contributed by atoms with van der Waals surface area (Å²) in [6.07, 6.45) is 5.77. The van der Waals surface area contributed by atoms with Gasteiger partial charge in [0.15, 0.2) is 0 Å². The lowest BCUT2D eigenvalue weighted by atomic mass is 9.79. The predicted molar refractivity (Wildman–Crippen MR) is 55.8 cm³/mol. The molecule has 13 heavy (non-hydrogen) atoms. The van der Waals surface area contributed by atoms with Crippen molar-refractivity contribution in [2.75, 3.05) is 12.3 Å². The fraction of sp³-hybridized carbons (Fsp3) is 0.900. The molecule has 2 atom stereocenters. The monoisotopic (exact) mass is 199 g/mol. The van der Waals surface area contributed by atoms with Gasteiger partial charge in [-0.05, 0) is 31.7 Å². The molecule has 1 aliphatic carbocycles. The summed E-state index contributed by atoms with van der Waals surface area (Å²) in [7, 11) is 0. The molecular weight excluding hydrogens is 182 g/mol. The molecule has 2 aliphatic rings. The number of carbonyl (C=O) groups excluding carboxylic acids is 1. The Morgan fingerprint density at radius 2 is 2.46 bits per heavy atom. The Balaban J connectivity index is 2.02. The van der Waals surface area contributed by atoms with Gasteiger partial charge in [-0.15, -0.1) is 11.8 Å². The van der Waals surface area contributed by atoms with Crippen LogP contribution in [0.4, 0.5) is 0 Å². The van der Waals surface area contributed by atoms with Crippen molar-refractivity contribution in [2.45, 2.75) is 36.9 Å². The molecule has 1 heterocycles. The fourth-order valence-electron chi connectivity index (χ4n) is 2.63. The Morgan fingerprint density at radius 1 is 1.62 bits per heavy atom. The molecule has 0 bridgehead atoms. The van der Waals surface area contributed by atoms with Crippen molar-refractivity contribution < 1.29 is 4.79 Å². The molecule has 3 heteroatoms. The Morgan fingerprint density at radius 3 is 3.08 bits per heavy atom. The number of Topliss-reactive ketones (excluding diaryl/α,β-unsaturated/α-hetero) is 1. The van der Waals surface area contributed by atoms with Crippen molar-refractivity contribution in [2.24, 2.45) is 11.7 Å². The number of hydrogen-bond acceptors (Lipinski definition) is 3. The number of carbonyl (C=O) groups is 1. The molecule has 2 fully saturated rings. The molecule has 0 aromatic carbocycles. The lowest BCUT2D eigenvalue weighted by molar-refractivity contribution is -0.116. The summed E-state index contributed by atoms with van der Waals surface area (Å²) in [5.74, 6) is 1.87. The van der Waals surface area contributed by atoms with Crippen LogP contribution in [0.5, 0.6) is 0 Å². The van der Waals surface area contributed by atoms with Crippen LogP contribution in [0.2, 0.25) is 0 Å². The zero-order chi connectivity index (χ0) is 9.31. The third-order valence-electron chi connectivity index (χ3n) is 3.30. The predicted octanol–water partition coefficient (Wildman–Crippen LogP) is 1.58. The number of ketones is 1. The summed E-state index contributed by atoms with van der Waals surface area (Å²) >= 11 is 1.89. The quantitative estimate of drug-likeness (QED) is 0.697. The van der Waals surface area contributed by atoms with E-state index in [0.29, 0.717) is 16.4 Å². The van der Waals surface area contributed by atoms with E-state index in [9.17, 15) is 4.79 Å². The van der Waals surface area contributed by atoms with Crippen molar-refractivity contribution in [3.63, 3.8) is 0 Å². The average Bonchev–Trinajstić information content (AvgIpc) is 2.47. The van der Waals surface area contributed by atoms with Crippen molar-refractivity contribution in [3.8, 4) is 0 Å². The van der Waals surface area contributed by atoms with Gasteiger partial charge in [0.05, 0.1) is 5.75 Å². The molecule has 1 saturated carbocycles. The smallest absolute Gasteiger partial charge is 0.144 e. The van der Waals surface area contributed by atoms with E-state index in [2.05, 4.69) is 0 Å². The molecule has 1 aliphatic heterocycles. The lowest BCUT2D eigenvalue weighted by Crippen LogP contribution is -2.33. The third kappa shape index (κ3) is 1.91. The molecule has 0 aromatic rings. The Bertz CT molecular complexity index is 219. The van der Waals surface area contributed by atoms with Crippen molar-refractivity contribution in [1.82, 2.24) is 0 Å². The lowest BCUT2D eigenvalue weighted by Gasteiger charge is -2.36. The van der Waals surface area contributed by atoms with Crippen LogP contribution < -0.4 is 5.73 Å². The summed E-state index contributed by atoms with van der Waals surface area (Å²) < 4.78 is 0.305. The standard InChI is InChI=1S/C10H17NOS/c11-6-8-2-1-3-10(4-8)5-9(12)7-13-10/h8H,1-7,11H2. The van der Waals surface area contributed by atoms with Crippen molar-refractivity contribution >= 4 is 17.5 Å².